The van der Waals surface area contributed by atoms with Crippen molar-refractivity contribution in [2.45, 2.75) is 45.3 Å². The molecule has 0 aromatic heterocycles. The van der Waals surface area contributed by atoms with Crippen LogP contribution < -0.4 is 9.62 Å². The van der Waals surface area contributed by atoms with Crippen molar-refractivity contribution in [1.29, 1.82) is 0 Å². The molecule has 0 saturated heterocycles. The molecule has 3 aromatic carbocycles. The van der Waals surface area contributed by atoms with Crippen molar-refractivity contribution in [3.8, 4) is 0 Å². The number of nitrogens with zero attached hydrogens (tertiary/aromatic N) is 2. The molecule has 10 heteroatoms. The molecule has 0 aliphatic rings. The second-order valence-corrected chi connectivity index (χ2v) is 12.7. The summed E-state index contributed by atoms with van der Waals surface area (Å²) in [5.74, 6) is -1.87. The number of benzene rings is 3. The number of para-hydroxylation sites is 1. The topological polar surface area (TPSA) is 86.8 Å². The van der Waals surface area contributed by atoms with E-state index in [0.717, 1.165) is 22.2 Å². The Balaban J connectivity index is 2.09. The molecule has 0 bridgehead atoms. The quantitative estimate of drug-likeness (QED) is 0.377. The van der Waals surface area contributed by atoms with Crippen molar-refractivity contribution in [3.05, 3.63) is 101 Å². The van der Waals surface area contributed by atoms with Crippen LogP contribution in [0.2, 0.25) is 5.02 Å². The fraction of sp³-hybridized carbons (Fsp3) is 0.310. The fourth-order valence-corrected chi connectivity index (χ4v) is 5.15. The summed E-state index contributed by atoms with van der Waals surface area (Å²) in [6, 6.07) is 20.4. The average molecular weight is 574 g/mol. The lowest BCUT2D eigenvalue weighted by Gasteiger charge is -2.35. The average Bonchev–Trinajstić information content (AvgIpc) is 2.84. The normalized spacial score (nSPS) is 12.5. The SMILES string of the molecule is CC(C)(C)NC(=O)[C@H](Cc1ccccc1)N(Cc1cccc(Cl)c1)C(=O)CN(c1ccccc1F)S(C)(=O)=O. The summed E-state index contributed by atoms with van der Waals surface area (Å²) in [5, 5.41) is 3.39. The van der Waals surface area contributed by atoms with Gasteiger partial charge in [-0.1, -0.05) is 66.2 Å². The van der Waals surface area contributed by atoms with Gasteiger partial charge in [0.25, 0.3) is 0 Å². The molecule has 3 rings (SSSR count). The largest absolute Gasteiger partial charge is 0.350 e. The van der Waals surface area contributed by atoms with Gasteiger partial charge in [-0.2, -0.15) is 0 Å². The van der Waals surface area contributed by atoms with Crippen molar-refractivity contribution >= 4 is 39.1 Å². The molecule has 0 heterocycles. The third kappa shape index (κ3) is 8.80. The zero-order chi connectivity index (χ0) is 28.8. The lowest BCUT2D eigenvalue weighted by Crippen LogP contribution is -2.56. The maximum Gasteiger partial charge on any atom is 0.244 e. The second kappa shape index (κ2) is 12.6. The summed E-state index contributed by atoms with van der Waals surface area (Å²) < 4.78 is 40.8. The van der Waals surface area contributed by atoms with Crippen molar-refractivity contribution in [2.75, 3.05) is 17.1 Å². The van der Waals surface area contributed by atoms with E-state index >= 15 is 0 Å². The first-order valence-corrected chi connectivity index (χ1v) is 14.6. The highest BCUT2D eigenvalue weighted by Crippen LogP contribution is 2.23. The second-order valence-electron chi connectivity index (χ2n) is 10.3. The van der Waals surface area contributed by atoms with Crippen LogP contribution in [0.3, 0.4) is 0 Å². The van der Waals surface area contributed by atoms with Gasteiger partial charge in [0.2, 0.25) is 21.8 Å². The predicted molar refractivity (Wildman–Crippen MR) is 152 cm³/mol. The first-order valence-electron chi connectivity index (χ1n) is 12.4. The molecule has 0 aliphatic heterocycles. The summed E-state index contributed by atoms with van der Waals surface area (Å²) in [6.45, 7) is 4.77. The van der Waals surface area contributed by atoms with Crippen molar-refractivity contribution < 1.29 is 22.4 Å². The Hall–Kier alpha value is -3.43. The Kier molecular flexibility index (Phi) is 9.74. The number of amides is 2. The van der Waals surface area contributed by atoms with Gasteiger partial charge in [-0.05, 0) is 56.2 Å². The van der Waals surface area contributed by atoms with E-state index in [-0.39, 0.29) is 18.7 Å². The number of halogens is 2. The molecule has 7 nitrogen and oxygen atoms in total. The van der Waals surface area contributed by atoms with Gasteiger partial charge in [-0.15, -0.1) is 0 Å². The number of nitrogens with one attached hydrogen (secondary N) is 1. The van der Waals surface area contributed by atoms with Crippen LogP contribution in [0.5, 0.6) is 0 Å². The number of hydrogen-bond donors (Lipinski definition) is 1. The Labute approximate surface area is 234 Å². The number of hydrogen-bond acceptors (Lipinski definition) is 4. The highest BCUT2D eigenvalue weighted by Gasteiger charge is 2.34. The van der Waals surface area contributed by atoms with Crippen molar-refractivity contribution in [1.82, 2.24) is 10.2 Å². The number of carbonyl (C=O) groups excluding carboxylic acids is 2. The molecule has 0 fully saturated rings. The van der Waals surface area contributed by atoms with E-state index in [4.69, 9.17) is 11.6 Å². The fourth-order valence-electron chi connectivity index (χ4n) is 4.09. The molecule has 3 aromatic rings. The van der Waals surface area contributed by atoms with Gasteiger partial charge in [-0.3, -0.25) is 13.9 Å². The maximum absolute atomic E-state index is 14.7. The molecule has 208 valence electrons. The smallest absolute Gasteiger partial charge is 0.244 e. The predicted octanol–water partition coefficient (Wildman–Crippen LogP) is 4.80. The van der Waals surface area contributed by atoms with E-state index in [1.807, 2.05) is 51.1 Å². The zero-order valence-electron chi connectivity index (χ0n) is 22.4. The van der Waals surface area contributed by atoms with Crippen molar-refractivity contribution in [3.63, 3.8) is 0 Å². The molecule has 0 radical (unpaired) electrons. The maximum atomic E-state index is 14.7. The minimum Gasteiger partial charge on any atom is -0.350 e. The monoisotopic (exact) mass is 573 g/mol. The molecule has 2 amide bonds. The Morgan fingerprint density at radius 3 is 2.15 bits per heavy atom. The summed E-state index contributed by atoms with van der Waals surface area (Å²) in [6.07, 6.45) is 1.08. The van der Waals surface area contributed by atoms with E-state index < -0.39 is 45.8 Å². The van der Waals surface area contributed by atoms with Crippen LogP contribution in [-0.4, -0.2) is 49.5 Å². The summed E-state index contributed by atoms with van der Waals surface area (Å²) >= 11 is 6.20. The van der Waals surface area contributed by atoms with E-state index in [0.29, 0.717) is 10.6 Å². The zero-order valence-corrected chi connectivity index (χ0v) is 24.0. The third-order valence-corrected chi connectivity index (χ3v) is 7.17. The van der Waals surface area contributed by atoms with E-state index in [2.05, 4.69) is 5.32 Å². The molecule has 0 aliphatic carbocycles. The van der Waals surface area contributed by atoms with Gasteiger partial charge in [-0.25, -0.2) is 12.8 Å². The highest BCUT2D eigenvalue weighted by molar-refractivity contribution is 7.92. The van der Waals surface area contributed by atoms with Gasteiger partial charge in [0.05, 0.1) is 11.9 Å². The standard InChI is InChI=1S/C29H33ClFN3O4S/c1-29(2,3)32-28(36)26(18-21-11-6-5-7-12-21)33(19-22-13-10-14-23(30)17-22)27(35)20-34(39(4,37)38)25-16-9-8-15-24(25)31/h5-17,26H,18-20H2,1-4H3,(H,32,36)/t26-/m0/s1. The number of sulfonamides is 1. The molecule has 1 atom stereocenters. The van der Waals surface area contributed by atoms with E-state index in [1.54, 1.807) is 24.3 Å². The van der Waals surface area contributed by atoms with Crippen LogP contribution in [-0.2, 0) is 32.6 Å². The van der Waals surface area contributed by atoms with Gasteiger partial charge >= 0.3 is 0 Å². The highest BCUT2D eigenvalue weighted by atomic mass is 35.5. The first-order chi connectivity index (χ1) is 18.2. The molecular formula is C29H33ClFN3O4S. The minimum absolute atomic E-state index is 0.0245. The number of carbonyl (C=O) groups is 2. The number of rotatable bonds is 10. The molecular weight excluding hydrogens is 541 g/mol. The molecule has 0 unspecified atom stereocenters. The van der Waals surface area contributed by atoms with Crippen LogP contribution in [0, 0.1) is 5.82 Å². The van der Waals surface area contributed by atoms with Gasteiger partial charge in [0, 0.05) is 23.5 Å². The summed E-state index contributed by atoms with van der Waals surface area (Å²) in [4.78, 5) is 28.9. The van der Waals surface area contributed by atoms with Crippen LogP contribution in [0.15, 0.2) is 78.9 Å². The van der Waals surface area contributed by atoms with E-state index in [1.165, 1.54) is 23.1 Å². The van der Waals surface area contributed by atoms with Crippen LogP contribution in [0.25, 0.3) is 0 Å². The van der Waals surface area contributed by atoms with Gasteiger partial charge in [0.1, 0.15) is 18.4 Å². The molecule has 39 heavy (non-hydrogen) atoms. The molecule has 0 saturated carbocycles. The third-order valence-electron chi connectivity index (χ3n) is 5.81. The lowest BCUT2D eigenvalue weighted by molar-refractivity contribution is -0.140. The summed E-state index contributed by atoms with van der Waals surface area (Å²) in [7, 11) is -4.06. The van der Waals surface area contributed by atoms with Gasteiger partial charge in [0.15, 0.2) is 0 Å². The first kappa shape index (κ1) is 30.1. The summed E-state index contributed by atoms with van der Waals surface area (Å²) in [5.41, 5.74) is 0.608. The molecule has 0 spiro atoms. The Bertz CT molecular complexity index is 1410. The van der Waals surface area contributed by atoms with Crippen LogP contribution in [0.1, 0.15) is 31.9 Å². The Morgan fingerprint density at radius 2 is 1.56 bits per heavy atom. The number of anilines is 1. The van der Waals surface area contributed by atoms with Gasteiger partial charge < -0.3 is 10.2 Å². The van der Waals surface area contributed by atoms with Crippen LogP contribution >= 0.6 is 11.6 Å². The van der Waals surface area contributed by atoms with E-state index in [9.17, 15) is 22.4 Å². The van der Waals surface area contributed by atoms with Crippen molar-refractivity contribution in [2.24, 2.45) is 0 Å². The minimum atomic E-state index is -4.06. The van der Waals surface area contributed by atoms with Crippen LogP contribution in [0.4, 0.5) is 10.1 Å². The Morgan fingerprint density at radius 1 is 0.949 bits per heavy atom. The lowest BCUT2D eigenvalue weighted by atomic mass is 10.0. The molecule has 1 N–H and O–H groups in total.